The number of benzene rings is 6. The van der Waals surface area contributed by atoms with Gasteiger partial charge in [0.25, 0.3) is 0 Å². The van der Waals surface area contributed by atoms with Crippen LogP contribution >= 0.6 is 0 Å². The van der Waals surface area contributed by atoms with Crippen LogP contribution in [-0.4, -0.2) is 0 Å². The standard InChI is InChI=1S/C36H28N2O5/c37-29-9-1-3-11-31(29)42-35-15-7-5-13-33(35)40-27-21-17-25(18-22-27)39-26-19-23-28(24-20-26)41-34-14-6-8-16-36(34)43-32-12-4-2-10-30(32)38/h1-24H,37-38H2. The maximum absolute atomic E-state index is 6.10. The minimum atomic E-state index is 0.547. The quantitative estimate of drug-likeness (QED) is 0.159. The lowest BCUT2D eigenvalue weighted by Gasteiger charge is -2.14. The number of ether oxygens (including phenoxy) is 5. The molecule has 0 saturated carbocycles. The molecule has 0 atom stereocenters. The molecule has 0 spiro atoms. The molecule has 0 aromatic heterocycles. The van der Waals surface area contributed by atoms with Crippen molar-refractivity contribution in [2.75, 3.05) is 11.5 Å². The highest BCUT2D eigenvalue weighted by atomic mass is 16.5. The Morgan fingerprint density at radius 3 is 0.837 bits per heavy atom. The first-order chi connectivity index (χ1) is 21.1. The summed E-state index contributed by atoms with van der Waals surface area (Å²) in [7, 11) is 0. The Bertz CT molecular complexity index is 1690. The summed E-state index contributed by atoms with van der Waals surface area (Å²) in [4.78, 5) is 0. The molecule has 6 aromatic rings. The van der Waals surface area contributed by atoms with E-state index in [0.717, 1.165) is 0 Å². The average Bonchev–Trinajstić information content (AvgIpc) is 3.03. The lowest BCUT2D eigenvalue weighted by atomic mass is 10.2. The second-order valence-corrected chi connectivity index (χ2v) is 9.42. The summed E-state index contributed by atoms with van der Waals surface area (Å²) in [6.07, 6.45) is 0. The van der Waals surface area contributed by atoms with Crippen LogP contribution in [0.25, 0.3) is 0 Å². The zero-order chi connectivity index (χ0) is 29.4. The minimum Gasteiger partial charge on any atom is -0.457 e. The molecule has 4 N–H and O–H groups in total. The van der Waals surface area contributed by atoms with Gasteiger partial charge < -0.3 is 35.2 Å². The molecule has 0 amide bonds. The van der Waals surface area contributed by atoms with Crippen molar-refractivity contribution in [2.24, 2.45) is 0 Å². The molecule has 0 radical (unpaired) electrons. The molecule has 7 heteroatoms. The third-order valence-electron chi connectivity index (χ3n) is 6.31. The van der Waals surface area contributed by atoms with Crippen molar-refractivity contribution >= 4 is 11.4 Å². The van der Waals surface area contributed by atoms with E-state index in [1.165, 1.54) is 0 Å². The Morgan fingerprint density at radius 1 is 0.256 bits per heavy atom. The Morgan fingerprint density at radius 2 is 0.512 bits per heavy atom. The van der Waals surface area contributed by atoms with Crippen molar-refractivity contribution in [3.8, 4) is 57.5 Å². The monoisotopic (exact) mass is 568 g/mol. The third-order valence-corrected chi connectivity index (χ3v) is 6.31. The average molecular weight is 569 g/mol. The summed E-state index contributed by atoms with van der Waals surface area (Å²) in [5.74, 6) is 5.94. The number of nitrogens with two attached hydrogens (primary N) is 2. The predicted octanol–water partition coefficient (Wildman–Crippen LogP) is 9.81. The van der Waals surface area contributed by atoms with Crippen molar-refractivity contribution in [1.82, 2.24) is 0 Å². The first-order valence-electron chi connectivity index (χ1n) is 13.6. The fourth-order valence-electron chi connectivity index (χ4n) is 4.16. The maximum atomic E-state index is 6.10. The van der Waals surface area contributed by atoms with Gasteiger partial charge in [-0.25, -0.2) is 0 Å². The SMILES string of the molecule is Nc1ccccc1Oc1ccccc1Oc1ccc(Oc2ccc(Oc3ccccc3Oc3ccccc3N)cc2)cc1. The van der Waals surface area contributed by atoms with Gasteiger partial charge in [0.1, 0.15) is 23.0 Å². The molecule has 0 aliphatic rings. The summed E-state index contributed by atoms with van der Waals surface area (Å²) in [5.41, 5.74) is 13.2. The zero-order valence-corrected chi connectivity index (χ0v) is 23.1. The number of rotatable bonds is 10. The molecule has 6 rings (SSSR count). The van der Waals surface area contributed by atoms with E-state index in [4.69, 9.17) is 35.2 Å². The Labute approximate surface area is 249 Å². The van der Waals surface area contributed by atoms with E-state index in [0.29, 0.717) is 68.9 Å². The van der Waals surface area contributed by atoms with Crippen LogP contribution in [-0.2, 0) is 0 Å². The highest BCUT2D eigenvalue weighted by Gasteiger charge is 2.11. The molecule has 0 saturated heterocycles. The van der Waals surface area contributed by atoms with E-state index in [9.17, 15) is 0 Å². The van der Waals surface area contributed by atoms with Crippen molar-refractivity contribution < 1.29 is 23.7 Å². The molecule has 212 valence electrons. The van der Waals surface area contributed by atoms with Crippen LogP contribution in [0.2, 0.25) is 0 Å². The smallest absolute Gasteiger partial charge is 0.170 e. The fraction of sp³-hybridized carbons (Fsp3) is 0. The fourth-order valence-corrected chi connectivity index (χ4v) is 4.16. The van der Waals surface area contributed by atoms with E-state index in [-0.39, 0.29) is 0 Å². The first-order valence-corrected chi connectivity index (χ1v) is 13.6. The van der Waals surface area contributed by atoms with E-state index in [2.05, 4.69) is 0 Å². The lowest BCUT2D eigenvalue weighted by Crippen LogP contribution is -1.94. The molecule has 0 bridgehead atoms. The van der Waals surface area contributed by atoms with Crippen LogP contribution in [0.1, 0.15) is 0 Å². The van der Waals surface area contributed by atoms with Gasteiger partial charge in [-0.15, -0.1) is 0 Å². The van der Waals surface area contributed by atoms with Crippen LogP contribution in [0.4, 0.5) is 11.4 Å². The second kappa shape index (κ2) is 12.6. The summed E-state index contributed by atoms with van der Waals surface area (Å²) >= 11 is 0. The first kappa shape index (κ1) is 27.1. The van der Waals surface area contributed by atoms with Gasteiger partial charge in [-0.05, 0) is 97.1 Å². The summed E-state index contributed by atoms with van der Waals surface area (Å²) in [6.45, 7) is 0. The lowest BCUT2D eigenvalue weighted by molar-refractivity contribution is 0.417. The van der Waals surface area contributed by atoms with Crippen molar-refractivity contribution in [3.05, 3.63) is 146 Å². The van der Waals surface area contributed by atoms with E-state index in [1.54, 1.807) is 12.1 Å². The van der Waals surface area contributed by atoms with Crippen LogP contribution in [0.3, 0.4) is 0 Å². The van der Waals surface area contributed by atoms with E-state index < -0.39 is 0 Å². The minimum absolute atomic E-state index is 0.547. The largest absolute Gasteiger partial charge is 0.457 e. The summed E-state index contributed by atoms with van der Waals surface area (Å²) in [5, 5.41) is 0. The second-order valence-electron chi connectivity index (χ2n) is 9.42. The maximum Gasteiger partial charge on any atom is 0.170 e. The topological polar surface area (TPSA) is 98.2 Å². The molecular formula is C36H28N2O5. The summed E-state index contributed by atoms with van der Waals surface area (Å²) < 4.78 is 30.2. The number of hydrogen-bond acceptors (Lipinski definition) is 7. The van der Waals surface area contributed by atoms with Crippen LogP contribution in [0.5, 0.6) is 57.5 Å². The molecule has 43 heavy (non-hydrogen) atoms. The highest BCUT2D eigenvalue weighted by molar-refractivity contribution is 5.56. The van der Waals surface area contributed by atoms with Gasteiger partial charge in [0.15, 0.2) is 34.5 Å². The summed E-state index contributed by atoms with van der Waals surface area (Å²) in [6, 6.07) is 44.2. The van der Waals surface area contributed by atoms with Gasteiger partial charge in [-0.2, -0.15) is 0 Å². The van der Waals surface area contributed by atoms with Gasteiger partial charge in [0, 0.05) is 0 Å². The Balaban J connectivity index is 1.09. The molecule has 0 aliphatic heterocycles. The van der Waals surface area contributed by atoms with Crippen LogP contribution in [0.15, 0.2) is 146 Å². The molecule has 0 unspecified atom stereocenters. The Hall–Kier alpha value is -6.08. The number of anilines is 2. The molecule has 0 heterocycles. The molecule has 7 nitrogen and oxygen atoms in total. The normalized spacial score (nSPS) is 10.5. The number of hydrogen-bond donors (Lipinski definition) is 2. The van der Waals surface area contributed by atoms with Gasteiger partial charge in [0.05, 0.1) is 11.4 Å². The van der Waals surface area contributed by atoms with Crippen molar-refractivity contribution in [3.63, 3.8) is 0 Å². The van der Waals surface area contributed by atoms with Gasteiger partial charge in [-0.1, -0.05) is 48.5 Å². The van der Waals surface area contributed by atoms with Gasteiger partial charge in [0.2, 0.25) is 0 Å². The molecule has 0 fully saturated rings. The molecular weight excluding hydrogens is 540 g/mol. The van der Waals surface area contributed by atoms with Gasteiger partial charge >= 0.3 is 0 Å². The van der Waals surface area contributed by atoms with E-state index in [1.807, 2.05) is 133 Å². The molecule has 0 aliphatic carbocycles. The van der Waals surface area contributed by atoms with Crippen LogP contribution in [0, 0.1) is 0 Å². The van der Waals surface area contributed by atoms with Gasteiger partial charge in [-0.3, -0.25) is 0 Å². The highest BCUT2D eigenvalue weighted by Crippen LogP contribution is 2.38. The van der Waals surface area contributed by atoms with E-state index >= 15 is 0 Å². The third kappa shape index (κ3) is 6.81. The van der Waals surface area contributed by atoms with Crippen LogP contribution < -0.4 is 35.2 Å². The Kier molecular flexibility index (Phi) is 7.95. The number of nitrogen functional groups attached to an aromatic ring is 2. The zero-order valence-electron chi connectivity index (χ0n) is 23.1. The predicted molar refractivity (Wildman–Crippen MR) is 168 cm³/mol. The molecule has 6 aromatic carbocycles. The van der Waals surface area contributed by atoms with Crippen molar-refractivity contribution in [1.29, 1.82) is 0 Å². The number of para-hydroxylation sites is 8. The van der Waals surface area contributed by atoms with Crippen molar-refractivity contribution in [2.45, 2.75) is 0 Å².